The largest absolute Gasteiger partial charge is 0.287 e. The summed E-state index contributed by atoms with van der Waals surface area (Å²) in [4.78, 5) is 17.1. The van der Waals surface area contributed by atoms with Crippen LogP contribution in [0.1, 0.15) is 15.9 Å². The van der Waals surface area contributed by atoms with Gasteiger partial charge in [0.2, 0.25) is 0 Å². The van der Waals surface area contributed by atoms with Crippen LogP contribution in [-0.4, -0.2) is 10.9 Å². The molecule has 0 aliphatic heterocycles. The van der Waals surface area contributed by atoms with Crippen molar-refractivity contribution in [3.05, 3.63) is 40.0 Å². The Morgan fingerprint density at radius 1 is 1.67 bits per heavy atom. The Morgan fingerprint density at radius 2 is 2.42 bits per heavy atom. The third-order valence-corrected chi connectivity index (χ3v) is 1.26. The number of rotatable bonds is 1. The van der Waals surface area contributed by atoms with E-state index in [9.17, 15) is 4.79 Å². The molecule has 5 heteroatoms. The zero-order chi connectivity index (χ0) is 8.97. The third-order valence-electron chi connectivity index (χ3n) is 1.26. The Labute approximate surface area is 68.7 Å². The number of aryl methyl sites for hydroxylation is 1. The minimum absolute atomic E-state index is 0.313. The minimum atomic E-state index is -0.603. The molecule has 1 rings (SSSR count). The van der Waals surface area contributed by atoms with E-state index >= 15 is 0 Å². The highest BCUT2D eigenvalue weighted by Crippen LogP contribution is 2.02. The van der Waals surface area contributed by atoms with Crippen LogP contribution in [0.5, 0.6) is 0 Å². The second kappa shape index (κ2) is 3.50. The molecule has 0 radical (unpaired) electrons. The molecule has 0 unspecified atom stereocenters. The summed E-state index contributed by atoms with van der Waals surface area (Å²) >= 11 is 0. The molecule has 0 atom stereocenters. The first-order valence-corrected chi connectivity index (χ1v) is 3.25. The minimum Gasteiger partial charge on any atom is -0.287 e. The molecule has 0 spiro atoms. The zero-order valence-electron chi connectivity index (χ0n) is 6.43. The smallest absolute Gasteiger partial charge is 0.250 e. The number of aromatic nitrogens is 1. The Morgan fingerprint density at radius 3 is 3.00 bits per heavy atom. The van der Waals surface area contributed by atoms with Gasteiger partial charge in [0, 0.05) is 22.9 Å². The summed E-state index contributed by atoms with van der Waals surface area (Å²) in [5.41, 5.74) is 9.15. The number of azide groups is 1. The van der Waals surface area contributed by atoms with Crippen LogP contribution in [-0.2, 0) is 0 Å². The van der Waals surface area contributed by atoms with Gasteiger partial charge in [-0.25, -0.2) is 0 Å². The lowest BCUT2D eigenvalue weighted by atomic mass is 10.2. The maximum atomic E-state index is 10.9. The van der Waals surface area contributed by atoms with Crippen molar-refractivity contribution in [3.63, 3.8) is 0 Å². The second-order valence-electron chi connectivity index (χ2n) is 2.25. The maximum absolute atomic E-state index is 10.9. The van der Waals surface area contributed by atoms with E-state index in [0.717, 1.165) is 5.56 Å². The molecule has 5 nitrogen and oxygen atoms in total. The molecule has 12 heavy (non-hydrogen) atoms. The SMILES string of the molecule is Cc1cncc(C(=O)N=[N+]=[N-])c1. The summed E-state index contributed by atoms with van der Waals surface area (Å²) in [6.45, 7) is 1.81. The summed E-state index contributed by atoms with van der Waals surface area (Å²) in [6, 6.07) is 1.62. The van der Waals surface area contributed by atoms with Crippen molar-refractivity contribution in [1.29, 1.82) is 0 Å². The fraction of sp³-hybridized carbons (Fsp3) is 0.143. The Bertz CT molecular complexity index is 354. The summed E-state index contributed by atoms with van der Waals surface area (Å²) in [6.07, 6.45) is 2.98. The fourth-order valence-electron chi connectivity index (χ4n) is 0.770. The molecule has 60 valence electrons. The number of carbonyl (C=O) groups excluding carboxylic acids is 1. The summed E-state index contributed by atoms with van der Waals surface area (Å²) < 4.78 is 0. The van der Waals surface area contributed by atoms with Crippen LogP contribution >= 0.6 is 0 Å². The van der Waals surface area contributed by atoms with E-state index in [-0.39, 0.29) is 0 Å². The van der Waals surface area contributed by atoms with Crippen LogP contribution in [0.15, 0.2) is 23.6 Å². The second-order valence-corrected chi connectivity index (χ2v) is 2.25. The summed E-state index contributed by atoms with van der Waals surface area (Å²) in [5.74, 6) is -0.603. The fourth-order valence-corrected chi connectivity index (χ4v) is 0.770. The summed E-state index contributed by atoms with van der Waals surface area (Å²) in [7, 11) is 0. The molecule has 0 fully saturated rings. The van der Waals surface area contributed by atoms with Gasteiger partial charge in [0.25, 0.3) is 5.91 Å². The van der Waals surface area contributed by atoms with Gasteiger partial charge >= 0.3 is 0 Å². The lowest BCUT2D eigenvalue weighted by molar-refractivity contribution is 0.1000. The van der Waals surface area contributed by atoms with Crippen molar-refractivity contribution in [2.45, 2.75) is 6.92 Å². The predicted octanol–water partition coefficient (Wildman–Crippen LogP) is 1.84. The van der Waals surface area contributed by atoms with Gasteiger partial charge in [0.15, 0.2) is 0 Å². The van der Waals surface area contributed by atoms with Crippen molar-refractivity contribution in [2.75, 3.05) is 0 Å². The first-order valence-electron chi connectivity index (χ1n) is 3.25. The van der Waals surface area contributed by atoms with E-state index in [2.05, 4.69) is 15.0 Å². The first kappa shape index (κ1) is 8.23. The van der Waals surface area contributed by atoms with Gasteiger partial charge in [-0.3, -0.25) is 9.78 Å². The van der Waals surface area contributed by atoms with Gasteiger partial charge in [-0.15, -0.1) is 0 Å². The molecule has 0 saturated carbocycles. The topological polar surface area (TPSA) is 78.7 Å². The Balaban J connectivity index is 3.03. The molecular weight excluding hydrogens is 156 g/mol. The monoisotopic (exact) mass is 162 g/mol. The standard InChI is InChI=1S/C7H6N4O/c1-5-2-6(4-9-3-5)7(12)10-11-8/h2-4H,1H3. The highest BCUT2D eigenvalue weighted by atomic mass is 16.1. The Hall–Kier alpha value is -1.87. The quantitative estimate of drug-likeness (QED) is 0.358. The van der Waals surface area contributed by atoms with E-state index in [1.54, 1.807) is 19.2 Å². The maximum Gasteiger partial charge on any atom is 0.250 e. The molecule has 1 amide bonds. The molecule has 1 aromatic heterocycles. The number of carbonyl (C=O) groups is 1. The van der Waals surface area contributed by atoms with Crippen LogP contribution < -0.4 is 0 Å². The van der Waals surface area contributed by atoms with E-state index in [1.165, 1.54) is 6.20 Å². The molecular formula is C7H6N4O. The molecule has 0 aliphatic rings. The van der Waals surface area contributed by atoms with Crippen molar-refractivity contribution >= 4 is 5.91 Å². The average Bonchev–Trinajstić information content (AvgIpc) is 2.05. The van der Waals surface area contributed by atoms with Gasteiger partial charge in [0.05, 0.1) is 0 Å². The lowest BCUT2D eigenvalue weighted by Crippen LogP contribution is -1.94. The number of amides is 1. The van der Waals surface area contributed by atoms with Crippen molar-refractivity contribution in [2.24, 2.45) is 5.11 Å². The summed E-state index contributed by atoms with van der Waals surface area (Å²) in [5, 5.41) is 2.94. The lowest BCUT2D eigenvalue weighted by Gasteiger charge is -1.93. The normalized spacial score (nSPS) is 8.75. The molecule has 1 heterocycles. The molecule has 0 bridgehead atoms. The van der Waals surface area contributed by atoms with E-state index in [1.807, 2.05) is 0 Å². The highest BCUT2D eigenvalue weighted by molar-refractivity contribution is 5.94. The molecule has 0 saturated heterocycles. The van der Waals surface area contributed by atoms with Gasteiger partial charge in [-0.2, -0.15) is 0 Å². The molecule has 0 aliphatic carbocycles. The number of pyridine rings is 1. The average molecular weight is 162 g/mol. The van der Waals surface area contributed by atoms with Crippen molar-refractivity contribution in [1.82, 2.24) is 4.98 Å². The van der Waals surface area contributed by atoms with Gasteiger partial charge in [0.1, 0.15) is 0 Å². The number of hydrogen-bond donors (Lipinski definition) is 0. The van der Waals surface area contributed by atoms with Crippen LogP contribution in [0.4, 0.5) is 0 Å². The van der Waals surface area contributed by atoms with Crippen LogP contribution in [0, 0.1) is 6.92 Å². The Kier molecular flexibility index (Phi) is 2.40. The van der Waals surface area contributed by atoms with E-state index in [4.69, 9.17) is 5.53 Å². The van der Waals surface area contributed by atoms with Gasteiger partial charge < -0.3 is 0 Å². The molecule has 0 N–H and O–H groups in total. The first-order chi connectivity index (χ1) is 5.74. The molecule has 0 aromatic carbocycles. The van der Waals surface area contributed by atoms with E-state index in [0.29, 0.717) is 5.56 Å². The van der Waals surface area contributed by atoms with E-state index < -0.39 is 5.91 Å². The van der Waals surface area contributed by atoms with Gasteiger partial charge in [-0.1, -0.05) is 0 Å². The predicted molar refractivity (Wildman–Crippen MR) is 42.5 cm³/mol. The number of nitrogens with zero attached hydrogens (tertiary/aromatic N) is 4. The van der Waals surface area contributed by atoms with Crippen molar-refractivity contribution in [3.8, 4) is 0 Å². The van der Waals surface area contributed by atoms with Gasteiger partial charge in [-0.05, 0) is 29.2 Å². The number of hydrogen-bond acceptors (Lipinski definition) is 2. The third kappa shape index (κ3) is 1.81. The zero-order valence-corrected chi connectivity index (χ0v) is 6.43. The van der Waals surface area contributed by atoms with Crippen LogP contribution in [0.25, 0.3) is 10.4 Å². The highest BCUT2D eigenvalue weighted by Gasteiger charge is 2.01. The van der Waals surface area contributed by atoms with Crippen LogP contribution in [0.3, 0.4) is 0 Å². The molecule has 1 aromatic rings. The van der Waals surface area contributed by atoms with Crippen molar-refractivity contribution < 1.29 is 4.79 Å². The van der Waals surface area contributed by atoms with Crippen LogP contribution in [0.2, 0.25) is 0 Å².